The van der Waals surface area contributed by atoms with Crippen LogP contribution < -0.4 is 11.1 Å². The van der Waals surface area contributed by atoms with E-state index in [2.05, 4.69) is 17.1 Å². The number of rotatable bonds is 8. The van der Waals surface area contributed by atoms with Crippen molar-refractivity contribution in [2.75, 3.05) is 13.1 Å². The molecule has 0 bridgehead atoms. The minimum atomic E-state index is -0.445. The highest BCUT2D eigenvalue weighted by molar-refractivity contribution is 5.86. The second-order valence-electron chi connectivity index (χ2n) is 6.32. The highest BCUT2D eigenvalue weighted by Crippen LogP contribution is 2.43. The molecule has 3 aliphatic rings. The van der Waals surface area contributed by atoms with Gasteiger partial charge in [-0.05, 0) is 51.0 Å². The Morgan fingerprint density at radius 2 is 1.94 bits per heavy atom. The lowest BCUT2D eigenvalue weighted by molar-refractivity contribution is -0.126. The number of amides is 1. The summed E-state index contributed by atoms with van der Waals surface area (Å²) in [6.07, 6.45) is 7.30. The summed E-state index contributed by atoms with van der Waals surface area (Å²) in [6, 6.07) is 1.24. The molecule has 0 saturated heterocycles. The second-order valence-corrected chi connectivity index (χ2v) is 6.32. The zero-order valence-corrected chi connectivity index (χ0v) is 11.3. The standard InChI is InChI=1S/C14H25N3O/c1-2-17(12-7-8-12)9-14(13(15)18,10-3-4-10)16-11-5-6-11/h10-12,16H,2-9H2,1H3,(H2,15,18). The molecule has 0 heterocycles. The highest BCUT2D eigenvalue weighted by atomic mass is 16.1. The van der Waals surface area contributed by atoms with Gasteiger partial charge in [-0.1, -0.05) is 6.92 Å². The Labute approximate surface area is 109 Å². The van der Waals surface area contributed by atoms with Crippen molar-refractivity contribution in [3.63, 3.8) is 0 Å². The Kier molecular flexibility index (Phi) is 3.10. The van der Waals surface area contributed by atoms with Crippen LogP contribution in [0.1, 0.15) is 45.4 Å². The van der Waals surface area contributed by atoms with E-state index in [9.17, 15) is 4.79 Å². The van der Waals surface area contributed by atoms with Gasteiger partial charge < -0.3 is 5.73 Å². The van der Waals surface area contributed by atoms with E-state index in [-0.39, 0.29) is 5.91 Å². The third kappa shape index (κ3) is 2.41. The van der Waals surface area contributed by atoms with Gasteiger partial charge in [0.2, 0.25) is 5.91 Å². The van der Waals surface area contributed by atoms with Gasteiger partial charge in [-0.2, -0.15) is 0 Å². The first kappa shape index (κ1) is 12.4. The van der Waals surface area contributed by atoms with Gasteiger partial charge in [0, 0.05) is 18.6 Å². The van der Waals surface area contributed by atoms with Crippen LogP contribution in [0.4, 0.5) is 0 Å². The van der Waals surface area contributed by atoms with Gasteiger partial charge in [-0.15, -0.1) is 0 Å². The molecule has 0 aromatic rings. The quantitative estimate of drug-likeness (QED) is 0.672. The summed E-state index contributed by atoms with van der Waals surface area (Å²) >= 11 is 0. The predicted octanol–water partition coefficient (Wildman–Crippen LogP) is 0.857. The van der Waals surface area contributed by atoms with Crippen molar-refractivity contribution in [3.8, 4) is 0 Å². The summed E-state index contributed by atoms with van der Waals surface area (Å²) < 4.78 is 0. The van der Waals surface area contributed by atoms with Crippen LogP contribution >= 0.6 is 0 Å². The Bertz CT molecular complexity index is 334. The number of carbonyl (C=O) groups is 1. The van der Waals surface area contributed by atoms with E-state index in [1.54, 1.807) is 0 Å². The topological polar surface area (TPSA) is 58.4 Å². The lowest BCUT2D eigenvalue weighted by Crippen LogP contribution is -2.64. The van der Waals surface area contributed by atoms with Gasteiger partial charge in [0.25, 0.3) is 0 Å². The third-order valence-corrected chi connectivity index (χ3v) is 4.67. The normalized spacial score (nSPS) is 27.2. The molecule has 0 spiro atoms. The second kappa shape index (κ2) is 4.49. The predicted molar refractivity (Wildman–Crippen MR) is 71.1 cm³/mol. The number of carbonyl (C=O) groups excluding carboxylic acids is 1. The fourth-order valence-corrected chi connectivity index (χ4v) is 3.07. The van der Waals surface area contributed by atoms with E-state index in [1.165, 1.54) is 25.7 Å². The largest absolute Gasteiger partial charge is 0.368 e. The molecule has 0 aromatic carbocycles. The SMILES string of the molecule is CCN(CC(NC1CC1)(C(N)=O)C1CC1)C1CC1. The van der Waals surface area contributed by atoms with Crippen molar-refractivity contribution >= 4 is 5.91 Å². The van der Waals surface area contributed by atoms with Crippen molar-refractivity contribution in [2.45, 2.75) is 63.1 Å². The van der Waals surface area contributed by atoms with Gasteiger partial charge in [-0.25, -0.2) is 0 Å². The lowest BCUT2D eigenvalue weighted by atomic mass is 9.90. The minimum absolute atomic E-state index is 0.129. The number of nitrogens with zero attached hydrogens (tertiary/aromatic N) is 1. The Morgan fingerprint density at radius 3 is 2.33 bits per heavy atom. The van der Waals surface area contributed by atoms with Crippen LogP contribution in [0.25, 0.3) is 0 Å². The van der Waals surface area contributed by atoms with Crippen molar-refractivity contribution in [3.05, 3.63) is 0 Å². The van der Waals surface area contributed by atoms with Crippen LogP contribution in [-0.2, 0) is 4.79 Å². The maximum atomic E-state index is 12.1. The zero-order valence-electron chi connectivity index (χ0n) is 11.3. The first-order valence-electron chi connectivity index (χ1n) is 7.47. The maximum Gasteiger partial charge on any atom is 0.239 e. The van der Waals surface area contributed by atoms with E-state index in [4.69, 9.17) is 5.73 Å². The molecule has 3 fully saturated rings. The Morgan fingerprint density at radius 1 is 1.28 bits per heavy atom. The minimum Gasteiger partial charge on any atom is -0.368 e. The molecule has 102 valence electrons. The summed E-state index contributed by atoms with van der Waals surface area (Å²) in [4.78, 5) is 14.6. The van der Waals surface area contributed by atoms with Crippen molar-refractivity contribution < 1.29 is 4.79 Å². The Hall–Kier alpha value is -0.610. The van der Waals surface area contributed by atoms with Gasteiger partial charge in [-0.3, -0.25) is 15.0 Å². The molecular formula is C14H25N3O. The van der Waals surface area contributed by atoms with E-state index < -0.39 is 5.54 Å². The number of primary amides is 1. The fourth-order valence-electron chi connectivity index (χ4n) is 3.07. The summed E-state index contributed by atoms with van der Waals surface area (Å²) in [5, 5.41) is 3.60. The number of hydrogen-bond acceptors (Lipinski definition) is 3. The molecule has 1 atom stereocenters. The molecule has 3 N–H and O–H groups in total. The first-order valence-corrected chi connectivity index (χ1v) is 7.47. The number of nitrogens with two attached hydrogens (primary N) is 1. The molecule has 0 aromatic heterocycles. The molecule has 1 unspecified atom stereocenters. The average Bonchev–Trinajstić information content (AvgIpc) is 3.13. The number of likely N-dealkylation sites (N-methyl/N-ethyl adjacent to an activating group) is 1. The molecule has 18 heavy (non-hydrogen) atoms. The van der Waals surface area contributed by atoms with Crippen LogP contribution in [0.3, 0.4) is 0 Å². The van der Waals surface area contributed by atoms with Crippen LogP contribution in [0.15, 0.2) is 0 Å². The number of hydrogen-bond donors (Lipinski definition) is 2. The van der Waals surface area contributed by atoms with Crippen LogP contribution in [0.2, 0.25) is 0 Å². The Balaban J connectivity index is 1.75. The molecule has 4 nitrogen and oxygen atoms in total. The molecular weight excluding hydrogens is 226 g/mol. The van der Waals surface area contributed by atoms with Gasteiger partial charge >= 0.3 is 0 Å². The van der Waals surface area contributed by atoms with E-state index >= 15 is 0 Å². The maximum absolute atomic E-state index is 12.1. The zero-order chi connectivity index (χ0) is 12.8. The summed E-state index contributed by atoms with van der Waals surface area (Å²) in [7, 11) is 0. The van der Waals surface area contributed by atoms with Crippen molar-refractivity contribution in [1.29, 1.82) is 0 Å². The molecule has 4 heteroatoms. The van der Waals surface area contributed by atoms with Gasteiger partial charge in [0.15, 0.2) is 0 Å². The van der Waals surface area contributed by atoms with E-state index in [0.717, 1.165) is 25.9 Å². The van der Waals surface area contributed by atoms with Gasteiger partial charge in [0.1, 0.15) is 5.54 Å². The summed E-state index contributed by atoms with van der Waals surface area (Å²) in [5.41, 5.74) is 5.34. The molecule has 0 radical (unpaired) electrons. The molecule has 1 amide bonds. The first-order chi connectivity index (χ1) is 8.65. The van der Waals surface area contributed by atoms with E-state index in [0.29, 0.717) is 18.0 Å². The fraction of sp³-hybridized carbons (Fsp3) is 0.929. The average molecular weight is 251 g/mol. The van der Waals surface area contributed by atoms with Crippen LogP contribution in [0, 0.1) is 5.92 Å². The molecule has 3 saturated carbocycles. The summed E-state index contributed by atoms with van der Waals surface area (Å²) in [6.45, 7) is 4.04. The summed E-state index contributed by atoms with van der Waals surface area (Å²) in [5.74, 6) is 0.347. The van der Waals surface area contributed by atoms with Crippen molar-refractivity contribution in [1.82, 2.24) is 10.2 Å². The highest BCUT2D eigenvalue weighted by Gasteiger charge is 2.53. The molecule has 3 rings (SSSR count). The van der Waals surface area contributed by atoms with Crippen molar-refractivity contribution in [2.24, 2.45) is 11.7 Å². The van der Waals surface area contributed by atoms with Gasteiger partial charge in [0.05, 0.1) is 0 Å². The number of nitrogens with one attached hydrogen (secondary N) is 1. The monoisotopic (exact) mass is 251 g/mol. The van der Waals surface area contributed by atoms with Crippen LogP contribution in [0.5, 0.6) is 0 Å². The lowest BCUT2D eigenvalue weighted by Gasteiger charge is -2.37. The van der Waals surface area contributed by atoms with Crippen LogP contribution in [-0.4, -0.2) is 41.5 Å². The smallest absolute Gasteiger partial charge is 0.239 e. The van der Waals surface area contributed by atoms with E-state index in [1.807, 2.05) is 0 Å². The molecule has 0 aliphatic heterocycles. The third-order valence-electron chi connectivity index (χ3n) is 4.67. The molecule has 3 aliphatic carbocycles.